The third kappa shape index (κ3) is 16.8. The molecule has 0 unspecified atom stereocenters. The van der Waals surface area contributed by atoms with Gasteiger partial charge >= 0.3 is 7.12 Å². The summed E-state index contributed by atoms with van der Waals surface area (Å²) >= 11 is 2.85. The van der Waals surface area contributed by atoms with E-state index in [-0.39, 0.29) is 7.43 Å². The zero-order valence-electron chi connectivity index (χ0n) is 18.3. The van der Waals surface area contributed by atoms with E-state index in [4.69, 9.17) is 31.7 Å². The highest BCUT2D eigenvalue weighted by Crippen LogP contribution is 2.09. The lowest BCUT2D eigenvalue weighted by molar-refractivity contribution is 0.112. The number of aldehydes is 1. The van der Waals surface area contributed by atoms with Crippen LogP contribution in [-0.4, -0.2) is 54.4 Å². The number of ether oxygens (including phenoxy) is 1. The third-order valence-electron chi connectivity index (χ3n) is 3.64. The van der Waals surface area contributed by atoms with Crippen molar-refractivity contribution in [1.82, 2.24) is 0 Å². The number of methoxy groups -OCH3 is 1. The quantitative estimate of drug-likeness (QED) is 0.192. The maximum Gasteiger partial charge on any atom is 0.488 e. The van der Waals surface area contributed by atoms with Crippen molar-refractivity contribution in [3.8, 4) is 5.75 Å². The molecular weight excluding hydrogens is 525 g/mol. The topological polar surface area (TPSA) is 155 Å². The molecule has 0 saturated carbocycles. The zero-order chi connectivity index (χ0) is 25.9. The highest BCUT2D eigenvalue weighted by molar-refractivity contribution is 9.18. The van der Waals surface area contributed by atoms with E-state index in [1.165, 1.54) is 24.6 Å². The summed E-state index contributed by atoms with van der Waals surface area (Å²) in [5.74, 6) is 0.703. The second-order valence-corrected chi connectivity index (χ2v) is 6.98. The number of benzene rings is 2. The van der Waals surface area contributed by atoms with E-state index in [1.54, 1.807) is 55.6 Å². The van der Waals surface area contributed by atoms with Crippen molar-refractivity contribution >= 4 is 51.3 Å². The molecular formula is C23H30BBrF2N4O4. The molecule has 0 spiro atoms. The van der Waals surface area contributed by atoms with Crippen LogP contribution in [0.4, 0.5) is 8.78 Å². The Morgan fingerprint density at radius 3 is 2.14 bits per heavy atom. The van der Waals surface area contributed by atoms with Crippen LogP contribution in [0.2, 0.25) is 0 Å². The SMILES string of the molecule is C.COc1ccc(B(O)O)cc1.N=C(Br)/C=C\N.NC(=CC=NCC(F)F)c1ccc(C=O)cc1. The Morgan fingerprint density at radius 2 is 1.77 bits per heavy atom. The lowest BCUT2D eigenvalue weighted by atomic mass is 9.80. The van der Waals surface area contributed by atoms with Gasteiger partial charge in [-0.15, -0.1) is 0 Å². The second-order valence-electron chi connectivity index (χ2n) is 6.12. The molecule has 0 aliphatic carbocycles. The normalized spacial score (nSPS) is 10.5. The van der Waals surface area contributed by atoms with E-state index in [9.17, 15) is 13.6 Å². The van der Waals surface area contributed by atoms with Crippen LogP contribution in [0.25, 0.3) is 5.70 Å². The summed E-state index contributed by atoms with van der Waals surface area (Å²) in [4.78, 5) is 13.9. The van der Waals surface area contributed by atoms with Crippen molar-refractivity contribution in [3.05, 3.63) is 78.0 Å². The van der Waals surface area contributed by atoms with Crippen LogP contribution in [0.3, 0.4) is 0 Å². The number of alkyl halides is 2. The predicted octanol–water partition coefficient (Wildman–Crippen LogP) is 2.98. The summed E-state index contributed by atoms with van der Waals surface area (Å²) < 4.78 is 28.7. The van der Waals surface area contributed by atoms with Crippen molar-refractivity contribution in [2.24, 2.45) is 16.5 Å². The van der Waals surface area contributed by atoms with Gasteiger partial charge in [0, 0.05) is 17.5 Å². The highest BCUT2D eigenvalue weighted by Gasteiger charge is 2.09. The van der Waals surface area contributed by atoms with Crippen LogP contribution in [0.5, 0.6) is 5.75 Å². The zero-order valence-corrected chi connectivity index (χ0v) is 19.9. The van der Waals surface area contributed by atoms with Gasteiger partial charge in [-0.25, -0.2) is 8.78 Å². The van der Waals surface area contributed by atoms with E-state index < -0.39 is 20.1 Å². The first-order valence-corrected chi connectivity index (χ1v) is 10.4. The average molecular weight is 555 g/mol. The first-order chi connectivity index (χ1) is 16.1. The average Bonchev–Trinajstić information content (AvgIpc) is 2.82. The van der Waals surface area contributed by atoms with E-state index in [0.29, 0.717) is 32.7 Å². The number of hydrogen-bond donors (Lipinski definition) is 5. The van der Waals surface area contributed by atoms with Crippen molar-refractivity contribution in [3.63, 3.8) is 0 Å². The minimum Gasteiger partial charge on any atom is -0.497 e. The molecule has 0 amide bonds. The lowest BCUT2D eigenvalue weighted by Gasteiger charge is -2.00. The molecule has 190 valence electrons. The molecule has 2 aromatic rings. The van der Waals surface area contributed by atoms with Crippen molar-refractivity contribution in [2.45, 2.75) is 13.9 Å². The highest BCUT2D eigenvalue weighted by atomic mass is 79.9. The van der Waals surface area contributed by atoms with Crippen LogP contribution in [-0.2, 0) is 0 Å². The molecule has 12 heteroatoms. The minimum absolute atomic E-state index is 0. The number of rotatable bonds is 8. The number of halogens is 3. The fourth-order valence-corrected chi connectivity index (χ4v) is 2.14. The molecule has 35 heavy (non-hydrogen) atoms. The molecule has 8 nitrogen and oxygen atoms in total. The van der Waals surface area contributed by atoms with Gasteiger partial charge in [0.05, 0.1) is 18.3 Å². The number of allylic oxidation sites excluding steroid dienone is 2. The summed E-state index contributed by atoms with van der Waals surface area (Å²) in [6.45, 7) is -0.534. The predicted molar refractivity (Wildman–Crippen MR) is 143 cm³/mol. The van der Waals surface area contributed by atoms with E-state index in [0.717, 1.165) is 6.29 Å². The van der Waals surface area contributed by atoms with E-state index in [2.05, 4.69) is 20.9 Å². The minimum atomic E-state index is -2.45. The molecule has 0 aliphatic heterocycles. The molecule has 2 rings (SSSR count). The third-order valence-corrected chi connectivity index (χ3v) is 3.90. The van der Waals surface area contributed by atoms with Crippen molar-refractivity contribution in [1.29, 1.82) is 5.41 Å². The van der Waals surface area contributed by atoms with Crippen LogP contribution in [0.1, 0.15) is 23.3 Å². The van der Waals surface area contributed by atoms with Gasteiger partial charge in [-0.2, -0.15) is 0 Å². The largest absolute Gasteiger partial charge is 0.497 e. The number of aliphatic imine (C=N–C) groups is 1. The molecule has 0 atom stereocenters. The molecule has 7 N–H and O–H groups in total. The van der Waals surface area contributed by atoms with Gasteiger partial charge in [0.2, 0.25) is 0 Å². The molecule has 2 aromatic carbocycles. The van der Waals surface area contributed by atoms with Crippen molar-refractivity contribution in [2.75, 3.05) is 13.7 Å². The number of nitrogens with one attached hydrogen (secondary N) is 1. The van der Waals surface area contributed by atoms with E-state index in [1.807, 2.05) is 0 Å². The van der Waals surface area contributed by atoms with Gasteiger partial charge in [-0.1, -0.05) is 43.8 Å². The fourth-order valence-electron chi connectivity index (χ4n) is 1.98. The lowest BCUT2D eigenvalue weighted by Crippen LogP contribution is -2.29. The van der Waals surface area contributed by atoms with Gasteiger partial charge in [0.15, 0.2) is 0 Å². The van der Waals surface area contributed by atoms with Gasteiger partial charge in [-0.3, -0.25) is 15.2 Å². The van der Waals surface area contributed by atoms with Gasteiger partial charge in [0.25, 0.3) is 6.43 Å². The first kappa shape index (κ1) is 33.8. The summed E-state index contributed by atoms with van der Waals surface area (Å²) in [5.41, 5.74) is 12.7. The van der Waals surface area contributed by atoms with Crippen LogP contribution in [0.15, 0.2) is 71.9 Å². The Balaban J connectivity index is 0. The first-order valence-electron chi connectivity index (χ1n) is 9.56. The van der Waals surface area contributed by atoms with Crippen LogP contribution >= 0.6 is 15.9 Å². The Hall–Kier alpha value is -3.35. The maximum absolute atomic E-state index is 11.8. The Bertz CT molecular complexity index is 955. The van der Waals surface area contributed by atoms with Gasteiger partial charge < -0.3 is 26.3 Å². The molecule has 0 radical (unpaired) electrons. The Morgan fingerprint density at radius 1 is 1.20 bits per heavy atom. The summed E-state index contributed by atoms with van der Waals surface area (Å²) in [6, 6.07) is 13.2. The molecule has 0 bridgehead atoms. The van der Waals surface area contributed by atoms with Gasteiger partial charge in [-0.05, 0) is 57.4 Å². The van der Waals surface area contributed by atoms with Crippen molar-refractivity contribution < 1.29 is 28.4 Å². The van der Waals surface area contributed by atoms with Gasteiger partial charge in [0.1, 0.15) is 12.0 Å². The Labute approximate surface area is 212 Å². The molecule has 0 heterocycles. The smallest absolute Gasteiger partial charge is 0.488 e. The van der Waals surface area contributed by atoms with E-state index >= 15 is 0 Å². The number of hydrogen-bond acceptors (Lipinski definition) is 8. The molecule has 0 fully saturated rings. The second kappa shape index (κ2) is 20.1. The van der Waals surface area contributed by atoms with Crippen LogP contribution < -0.4 is 21.7 Å². The maximum atomic E-state index is 11.8. The molecule has 0 aromatic heterocycles. The van der Waals surface area contributed by atoms with Crippen LogP contribution in [0, 0.1) is 5.41 Å². The standard InChI is InChI=1S/C12H12F2N2O.C7H9BO3.C3H5BrN2.CH4/c13-12(14)7-16-6-5-11(15)10-3-1-9(8-17)2-4-10;1-11-7-4-2-6(3-5-7)8(9)10;4-3(6)1-2-5;/h1-6,8,12H,7,15H2;2-5,9-10H,1H3;1-2,6H,5H2;1H4/b;;2-1-,6-3?;. The summed E-state index contributed by atoms with van der Waals surface area (Å²) in [6.07, 6.45) is 3.71. The summed E-state index contributed by atoms with van der Waals surface area (Å²) in [7, 11) is 0.158. The number of carbonyl (C=O) groups excluding carboxylic acids is 1. The fraction of sp³-hybridized carbons (Fsp3) is 0.174. The number of nitrogens with two attached hydrogens (primary N) is 2. The summed E-state index contributed by atoms with van der Waals surface area (Å²) in [5, 5.41) is 24.0. The Kier molecular flexibility index (Phi) is 19.4. The number of nitrogens with zero attached hydrogens (tertiary/aromatic N) is 1. The number of carbonyl (C=O) groups is 1. The molecule has 0 saturated heterocycles. The monoisotopic (exact) mass is 554 g/mol. The molecule has 0 aliphatic rings.